The molecule has 1 fully saturated rings. The van der Waals surface area contributed by atoms with E-state index in [1.54, 1.807) is 46.2 Å². The van der Waals surface area contributed by atoms with E-state index in [-0.39, 0.29) is 17.5 Å². The molecule has 1 aliphatic rings. The third-order valence-corrected chi connectivity index (χ3v) is 5.56. The fraction of sp³-hybridized carbons (Fsp3) is 0.292. The Hall–Kier alpha value is -4.21. The maximum Gasteiger partial charge on any atom is 0.271 e. The normalized spacial score (nSPS) is 13.9. The zero-order chi connectivity index (χ0) is 24.7. The van der Waals surface area contributed by atoms with Gasteiger partial charge < -0.3 is 26.2 Å². The summed E-state index contributed by atoms with van der Waals surface area (Å²) in [4.78, 5) is 39.5. The number of piperazine rings is 1. The highest BCUT2D eigenvalue weighted by molar-refractivity contribution is 5.97. The van der Waals surface area contributed by atoms with Gasteiger partial charge in [0, 0.05) is 57.0 Å². The van der Waals surface area contributed by atoms with Gasteiger partial charge in [0.15, 0.2) is 11.5 Å². The van der Waals surface area contributed by atoms with Crippen molar-refractivity contribution in [1.29, 1.82) is 0 Å². The largest absolute Gasteiger partial charge is 0.379 e. The summed E-state index contributed by atoms with van der Waals surface area (Å²) in [5.74, 6) is -0.327. The van der Waals surface area contributed by atoms with Crippen molar-refractivity contribution < 1.29 is 14.4 Å². The molecule has 1 aromatic carbocycles. The standard InChI is InChI=1S/C24H29N7O3/c1-4-17(5-2)15-26-20-14-21(28-29-22(20)23(25)33)27-19-8-6-18(7-9-19)24(34)31-12-10-30(11-13-31)16(3)32/h4-9,14H,1,10-13,15H2,2-3H3,(H2,25,33)(H2,26,27,28)/b17-5+. The van der Waals surface area contributed by atoms with Crippen LogP contribution in [0, 0.1) is 0 Å². The van der Waals surface area contributed by atoms with Gasteiger partial charge in [0.25, 0.3) is 11.8 Å². The molecule has 0 bridgehead atoms. The highest BCUT2D eigenvalue weighted by Crippen LogP contribution is 2.21. The van der Waals surface area contributed by atoms with Crippen molar-refractivity contribution in [3.05, 3.63) is 65.9 Å². The van der Waals surface area contributed by atoms with Crippen molar-refractivity contribution in [3.63, 3.8) is 0 Å². The number of nitrogens with zero attached hydrogens (tertiary/aromatic N) is 4. The van der Waals surface area contributed by atoms with Crippen LogP contribution in [0.15, 0.2) is 54.6 Å². The molecule has 3 rings (SSSR count). The van der Waals surface area contributed by atoms with Gasteiger partial charge >= 0.3 is 0 Å². The van der Waals surface area contributed by atoms with Gasteiger partial charge in [-0.15, -0.1) is 10.2 Å². The monoisotopic (exact) mass is 463 g/mol. The van der Waals surface area contributed by atoms with Crippen LogP contribution in [0.4, 0.5) is 17.2 Å². The van der Waals surface area contributed by atoms with E-state index in [2.05, 4.69) is 27.4 Å². The van der Waals surface area contributed by atoms with Gasteiger partial charge in [-0.3, -0.25) is 14.4 Å². The van der Waals surface area contributed by atoms with E-state index in [4.69, 9.17) is 5.73 Å². The minimum atomic E-state index is -0.686. The molecule has 0 saturated carbocycles. The number of benzene rings is 1. The van der Waals surface area contributed by atoms with E-state index in [1.165, 1.54) is 6.92 Å². The van der Waals surface area contributed by atoms with Crippen LogP contribution in [-0.2, 0) is 4.79 Å². The van der Waals surface area contributed by atoms with Crippen molar-refractivity contribution in [1.82, 2.24) is 20.0 Å². The molecule has 1 aliphatic heterocycles. The Morgan fingerprint density at radius 2 is 1.74 bits per heavy atom. The summed E-state index contributed by atoms with van der Waals surface area (Å²) < 4.78 is 0. The molecule has 10 heteroatoms. The van der Waals surface area contributed by atoms with Gasteiger partial charge in [0.05, 0.1) is 5.69 Å². The number of carbonyl (C=O) groups is 3. The molecule has 0 atom stereocenters. The van der Waals surface area contributed by atoms with Crippen LogP contribution < -0.4 is 16.4 Å². The van der Waals surface area contributed by atoms with E-state index in [0.29, 0.717) is 55.5 Å². The SMILES string of the molecule is C=C/C(=C\C)CNc1cc(Nc2ccc(C(=O)N3CCN(C(C)=O)CC3)cc2)nnc1C(N)=O. The van der Waals surface area contributed by atoms with E-state index in [0.717, 1.165) is 5.57 Å². The van der Waals surface area contributed by atoms with E-state index in [1.807, 2.05) is 13.0 Å². The van der Waals surface area contributed by atoms with E-state index in [9.17, 15) is 14.4 Å². The minimum Gasteiger partial charge on any atom is -0.379 e. The fourth-order valence-corrected chi connectivity index (χ4v) is 3.51. The number of carbonyl (C=O) groups excluding carboxylic acids is 3. The summed E-state index contributed by atoms with van der Waals surface area (Å²) in [6.07, 6.45) is 3.63. The molecule has 0 aliphatic carbocycles. The van der Waals surface area contributed by atoms with Crippen LogP contribution in [0.25, 0.3) is 0 Å². The number of nitrogens with two attached hydrogens (primary N) is 1. The highest BCUT2D eigenvalue weighted by Gasteiger charge is 2.23. The molecule has 4 N–H and O–H groups in total. The number of allylic oxidation sites excluding steroid dienone is 1. The molecule has 0 radical (unpaired) electrons. The summed E-state index contributed by atoms with van der Waals surface area (Å²) in [5.41, 5.74) is 8.12. The molecule has 34 heavy (non-hydrogen) atoms. The lowest BCUT2D eigenvalue weighted by molar-refractivity contribution is -0.130. The Morgan fingerprint density at radius 1 is 1.09 bits per heavy atom. The second-order valence-electron chi connectivity index (χ2n) is 7.78. The number of hydrogen-bond acceptors (Lipinski definition) is 7. The highest BCUT2D eigenvalue weighted by atomic mass is 16.2. The number of aromatic nitrogens is 2. The minimum absolute atomic E-state index is 0.0239. The third-order valence-electron chi connectivity index (χ3n) is 5.56. The number of hydrogen-bond donors (Lipinski definition) is 3. The van der Waals surface area contributed by atoms with Gasteiger partial charge in [-0.25, -0.2) is 0 Å². The first-order valence-corrected chi connectivity index (χ1v) is 10.9. The summed E-state index contributed by atoms with van der Waals surface area (Å²) in [6, 6.07) is 8.65. The number of primary amides is 1. The predicted molar refractivity (Wildman–Crippen MR) is 131 cm³/mol. The maximum atomic E-state index is 12.8. The molecule has 178 valence electrons. The molecular weight excluding hydrogens is 434 g/mol. The Morgan fingerprint density at radius 3 is 2.29 bits per heavy atom. The summed E-state index contributed by atoms with van der Waals surface area (Å²) >= 11 is 0. The van der Waals surface area contributed by atoms with Gasteiger partial charge in [-0.1, -0.05) is 18.7 Å². The Kier molecular flexibility index (Phi) is 7.96. The first-order chi connectivity index (χ1) is 16.3. The molecule has 2 aromatic rings. The topological polar surface area (TPSA) is 134 Å². The van der Waals surface area contributed by atoms with Gasteiger partial charge in [0.2, 0.25) is 5.91 Å². The van der Waals surface area contributed by atoms with Crippen molar-refractivity contribution in [2.45, 2.75) is 13.8 Å². The second-order valence-corrected chi connectivity index (χ2v) is 7.78. The summed E-state index contributed by atoms with van der Waals surface area (Å²) in [5, 5.41) is 14.2. The molecule has 0 spiro atoms. The molecule has 3 amide bonds. The quantitative estimate of drug-likeness (QED) is 0.511. The first kappa shape index (κ1) is 24.4. The number of anilines is 3. The Labute approximate surface area is 198 Å². The zero-order valence-corrected chi connectivity index (χ0v) is 19.4. The average molecular weight is 464 g/mol. The Bertz CT molecular complexity index is 1100. The van der Waals surface area contributed by atoms with Crippen molar-refractivity contribution in [2.75, 3.05) is 43.4 Å². The van der Waals surface area contributed by atoms with E-state index < -0.39 is 5.91 Å². The number of rotatable bonds is 8. The van der Waals surface area contributed by atoms with Crippen LogP contribution in [0.3, 0.4) is 0 Å². The smallest absolute Gasteiger partial charge is 0.271 e. The van der Waals surface area contributed by atoms with Crippen LogP contribution >= 0.6 is 0 Å². The van der Waals surface area contributed by atoms with Crippen molar-refractivity contribution in [2.24, 2.45) is 5.73 Å². The molecule has 1 saturated heterocycles. The molecule has 1 aromatic heterocycles. The summed E-state index contributed by atoms with van der Waals surface area (Å²) in [6.45, 7) is 9.73. The van der Waals surface area contributed by atoms with E-state index >= 15 is 0 Å². The Balaban J connectivity index is 1.68. The average Bonchev–Trinajstić information content (AvgIpc) is 2.84. The lowest BCUT2D eigenvalue weighted by atomic mass is 10.1. The molecule has 10 nitrogen and oxygen atoms in total. The van der Waals surface area contributed by atoms with Crippen LogP contribution in [0.5, 0.6) is 0 Å². The van der Waals surface area contributed by atoms with Gasteiger partial charge in [0.1, 0.15) is 0 Å². The van der Waals surface area contributed by atoms with Gasteiger partial charge in [-0.05, 0) is 36.8 Å². The molecule has 0 unspecified atom stereocenters. The maximum absolute atomic E-state index is 12.8. The lowest BCUT2D eigenvalue weighted by Crippen LogP contribution is -2.50. The first-order valence-electron chi connectivity index (χ1n) is 10.9. The van der Waals surface area contributed by atoms with Crippen LogP contribution in [-0.4, -0.2) is 70.4 Å². The van der Waals surface area contributed by atoms with Crippen LogP contribution in [0.1, 0.15) is 34.7 Å². The predicted octanol–water partition coefficient (Wildman–Crippen LogP) is 2.17. The fourth-order valence-electron chi connectivity index (χ4n) is 3.51. The zero-order valence-electron chi connectivity index (χ0n) is 19.4. The van der Waals surface area contributed by atoms with Crippen molar-refractivity contribution >= 4 is 34.9 Å². The number of nitrogens with one attached hydrogen (secondary N) is 2. The molecule has 2 heterocycles. The number of amides is 3. The third kappa shape index (κ3) is 5.97. The van der Waals surface area contributed by atoms with Gasteiger partial charge in [-0.2, -0.15) is 0 Å². The summed E-state index contributed by atoms with van der Waals surface area (Å²) in [7, 11) is 0. The molecular formula is C24H29N7O3. The lowest BCUT2D eigenvalue weighted by Gasteiger charge is -2.34. The van der Waals surface area contributed by atoms with Crippen LogP contribution in [0.2, 0.25) is 0 Å². The second kappa shape index (κ2) is 11.1. The van der Waals surface area contributed by atoms with Crippen molar-refractivity contribution in [3.8, 4) is 0 Å².